The molecule has 1 aromatic heterocycles. The quantitative estimate of drug-likeness (QED) is 0.651. The third kappa shape index (κ3) is 5.11. The molecule has 0 radical (unpaired) electrons. The van der Waals surface area contributed by atoms with Crippen LogP contribution in [0.5, 0.6) is 0 Å². The predicted octanol–water partition coefficient (Wildman–Crippen LogP) is 3.06. The molecule has 0 bridgehead atoms. The normalized spacial score (nSPS) is 15.2. The summed E-state index contributed by atoms with van der Waals surface area (Å²) in [6.45, 7) is 6.57. The highest BCUT2D eigenvalue weighted by Gasteiger charge is 2.21. The second-order valence-corrected chi connectivity index (χ2v) is 7.49. The predicted molar refractivity (Wildman–Crippen MR) is 116 cm³/mol. The van der Waals surface area contributed by atoms with Gasteiger partial charge >= 0.3 is 0 Å². The van der Waals surface area contributed by atoms with Gasteiger partial charge in [-0.3, -0.25) is 14.6 Å². The van der Waals surface area contributed by atoms with Crippen LogP contribution in [0.2, 0.25) is 0 Å². The average Bonchev–Trinajstić information content (AvgIpc) is 3.24. The number of carbonyl (C=O) groups is 1. The first-order chi connectivity index (χ1) is 14.7. The molecule has 2 aromatic carbocycles. The van der Waals surface area contributed by atoms with Crippen LogP contribution < -0.4 is 5.32 Å². The summed E-state index contributed by atoms with van der Waals surface area (Å²) in [5.41, 5.74) is 3.00. The van der Waals surface area contributed by atoms with Crippen LogP contribution in [-0.4, -0.2) is 58.6 Å². The highest BCUT2D eigenvalue weighted by Crippen LogP contribution is 2.18. The van der Waals surface area contributed by atoms with E-state index in [1.54, 1.807) is 0 Å². The number of rotatable bonds is 7. The Morgan fingerprint density at radius 2 is 1.70 bits per heavy atom. The Morgan fingerprint density at radius 1 is 1.00 bits per heavy atom. The van der Waals surface area contributed by atoms with Crippen LogP contribution in [0.4, 0.5) is 5.69 Å². The zero-order valence-corrected chi connectivity index (χ0v) is 17.3. The number of hydrogen-bond donors (Lipinski definition) is 1. The summed E-state index contributed by atoms with van der Waals surface area (Å²) in [4.78, 5) is 21.4. The van der Waals surface area contributed by atoms with Crippen LogP contribution in [-0.2, 0) is 17.8 Å². The number of aromatic nitrogens is 2. The molecule has 7 nitrogen and oxygen atoms in total. The zero-order chi connectivity index (χ0) is 20.8. The Morgan fingerprint density at radius 3 is 2.47 bits per heavy atom. The first kappa shape index (κ1) is 20.3. The minimum atomic E-state index is 0.0371. The van der Waals surface area contributed by atoms with Gasteiger partial charge in [0.05, 0.1) is 13.1 Å². The number of nitrogens with one attached hydrogen (secondary N) is 1. The minimum absolute atomic E-state index is 0.0371. The SMILES string of the molecule is CCc1ccccc1NC(=O)CN1CCN(Cc2noc(-c3ccccc3)n2)CC1. The van der Waals surface area contributed by atoms with E-state index < -0.39 is 0 Å². The number of carbonyl (C=O) groups excluding carboxylic acids is 1. The standard InChI is InChI=1S/C23H27N5O2/c1-2-18-8-6-7-11-20(18)24-22(29)17-28-14-12-27(13-15-28)16-21-25-23(30-26-21)19-9-4-3-5-10-19/h3-11H,2,12-17H2,1H3,(H,24,29). The van der Waals surface area contributed by atoms with Crippen LogP contribution in [0.1, 0.15) is 18.3 Å². The number of hydrogen-bond acceptors (Lipinski definition) is 6. The highest BCUT2D eigenvalue weighted by atomic mass is 16.5. The van der Waals surface area contributed by atoms with Crippen LogP contribution in [0, 0.1) is 0 Å². The highest BCUT2D eigenvalue weighted by molar-refractivity contribution is 5.93. The lowest BCUT2D eigenvalue weighted by Gasteiger charge is -2.33. The third-order valence-electron chi connectivity index (χ3n) is 5.36. The van der Waals surface area contributed by atoms with Gasteiger partial charge in [0.15, 0.2) is 5.82 Å². The van der Waals surface area contributed by atoms with Crippen LogP contribution >= 0.6 is 0 Å². The zero-order valence-electron chi connectivity index (χ0n) is 17.3. The molecule has 1 aliphatic heterocycles. The molecule has 1 aliphatic rings. The van der Waals surface area contributed by atoms with Crippen LogP contribution in [0.25, 0.3) is 11.5 Å². The second kappa shape index (κ2) is 9.65. The molecule has 1 amide bonds. The van der Waals surface area contributed by atoms with E-state index >= 15 is 0 Å². The largest absolute Gasteiger partial charge is 0.334 e. The van der Waals surface area contributed by atoms with Gasteiger partial charge in [-0.15, -0.1) is 0 Å². The lowest BCUT2D eigenvalue weighted by atomic mass is 10.1. The van der Waals surface area contributed by atoms with Gasteiger partial charge in [0.25, 0.3) is 5.89 Å². The number of para-hydroxylation sites is 1. The number of amides is 1. The smallest absolute Gasteiger partial charge is 0.257 e. The summed E-state index contributed by atoms with van der Waals surface area (Å²) in [5.74, 6) is 1.28. The molecule has 0 spiro atoms. The summed E-state index contributed by atoms with van der Waals surface area (Å²) in [6.07, 6.45) is 0.900. The molecule has 7 heteroatoms. The number of benzene rings is 2. The molecule has 4 rings (SSSR count). The van der Waals surface area contributed by atoms with Gasteiger partial charge in [0, 0.05) is 37.4 Å². The Balaban J connectivity index is 1.24. The maximum atomic E-state index is 12.5. The lowest BCUT2D eigenvalue weighted by Crippen LogP contribution is -2.48. The molecule has 30 heavy (non-hydrogen) atoms. The Labute approximate surface area is 176 Å². The van der Waals surface area contributed by atoms with Crippen molar-refractivity contribution in [2.24, 2.45) is 0 Å². The van der Waals surface area contributed by atoms with Gasteiger partial charge < -0.3 is 9.84 Å². The van der Waals surface area contributed by atoms with Crippen molar-refractivity contribution in [1.29, 1.82) is 0 Å². The van der Waals surface area contributed by atoms with Crippen LogP contribution in [0.3, 0.4) is 0 Å². The Bertz CT molecular complexity index is 964. The molecule has 0 unspecified atom stereocenters. The average molecular weight is 406 g/mol. The number of nitrogens with zero attached hydrogens (tertiary/aromatic N) is 4. The molecule has 0 saturated carbocycles. The Kier molecular flexibility index (Phi) is 6.51. The second-order valence-electron chi connectivity index (χ2n) is 7.49. The van der Waals surface area contributed by atoms with E-state index in [1.165, 1.54) is 0 Å². The van der Waals surface area contributed by atoms with Gasteiger partial charge in [-0.2, -0.15) is 4.98 Å². The van der Waals surface area contributed by atoms with Crippen LogP contribution in [0.15, 0.2) is 59.1 Å². The maximum Gasteiger partial charge on any atom is 0.257 e. The molecule has 0 aliphatic carbocycles. The molecule has 3 aromatic rings. The van der Waals surface area contributed by atoms with Crippen molar-refractivity contribution < 1.29 is 9.32 Å². The number of anilines is 1. The van der Waals surface area contributed by atoms with E-state index in [2.05, 4.69) is 38.2 Å². The number of piperazine rings is 1. The maximum absolute atomic E-state index is 12.5. The molecular weight excluding hydrogens is 378 g/mol. The van der Waals surface area contributed by atoms with Crippen molar-refractivity contribution in [2.45, 2.75) is 19.9 Å². The summed E-state index contributed by atoms with van der Waals surface area (Å²) >= 11 is 0. The van der Waals surface area contributed by atoms with Crippen molar-refractivity contribution in [1.82, 2.24) is 19.9 Å². The van der Waals surface area contributed by atoms with Crippen molar-refractivity contribution >= 4 is 11.6 Å². The molecular formula is C23H27N5O2. The van der Waals surface area contributed by atoms with E-state index in [9.17, 15) is 4.79 Å². The molecule has 0 atom stereocenters. The van der Waals surface area contributed by atoms with Gasteiger partial charge in [0.1, 0.15) is 0 Å². The van der Waals surface area contributed by atoms with E-state index in [0.717, 1.165) is 49.4 Å². The van der Waals surface area contributed by atoms with Crippen molar-refractivity contribution in [3.05, 3.63) is 66.0 Å². The van der Waals surface area contributed by atoms with Crippen molar-refractivity contribution in [3.8, 4) is 11.5 Å². The summed E-state index contributed by atoms with van der Waals surface area (Å²) in [7, 11) is 0. The minimum Gasteiger partial charge on any atom is -0.334 e. The summed E-state index contributed by atoms with van der Waals surface area (Å²) in [6, 6.07) is 17.8. The third-order valence-corrected chi connectivity index (χ3v) is 5.36. The fourth-order valence-corrected chi connectivity index (χ4v) is 3.67. The van der Waals surface area contributed by atoms with Gasteiger partial charge in [-0.05, 0) is 30.2 Å². The molecule has 1 N–H and O–H groups in total. The fourth-order valence-electron chi connectivity index (χ4n) is 3.67. The van der Waals surface area contributed by atoms with E-state index in [1.807, 2.05) is 48.5 Å². The van der Waals surface area contributed by atoms with E-state index in [4.69, 9.17) is 4.52 Å². The molecule has 156 valence electrons. The Hall–Kier alpha value is -3.03. The van der Waals surface area contributed by atoms with Crippen molar-refractivity contribution in [2.75, 3.05) is 38.0 Å². The monoisotopic (exact) mass is 405 g/mol. The van der Waals surface area contributed by atoms with Crippen molar-refractivity contribution in [3.63, 3.8) is 0 Å². The van der Waals surface area contributed by atoms with Gasteiger partial charge in [-0.25, -0.2) is 0 Å². The van der Waals surface area contributed by atoms with E-state index in [-0.39, 0.29) is 5.91 Å². The fraction of sp³-hybridized carbons (Fsp3) is 0.348. The van der Waals surface area contributed by atoms with E-state index in [0.29, 0.717) is 24.8 Å². The van der Waals surface area contributed by atoms with Gasteiger partial charge in [-0.1, -0.05) is 48.5 Å². The summed E-state index contributed by atoms with van der Waals surface area (Å²) in [5, 5.41) is 7.16. The molecule has 1 saturated heterocycles. The first-order valence-corrected chi connectivity index (χ1v) is 10.4. The lowest BCUT2D eigenvalue weighted by molar-refractivity contribution is -0.117. The summed E-state index contributed by atoms with van der Waals surface area (Å²) < 4.78 is 5.39. The first-order valence-electron chi connectivity index (χ1n) is 10.4. The topological polar surface area (TPSA) is 74.5 Å². The molecule has 1 fully saturated rings. The number of aryl methyl sites for hydroxylation is 1. The van der Waals surface area contributed by atoms with Gasteiger partial charge in [0.2, 0.25) is 5.91 Å². The molecule has 2 heterocycles.